The Kier molecular flexibility index (Phi) is 4.41. The van der Waals surface area contributed by atoms with Crippen molar-refractivity contribution >= 4 is 11.8 Å². The van der Waals surface area contributed by atoms with Crippen molar-refractivity contribution in [3.05, 3.63) is 29.3 Å². The summed E-state index contributed by atoms with van der Waals surface area (Å²) >= 11 is 0. The van der Waals surface area contributed by atoms with E-state index in [9.17, 15) is 14.7 Å². The van der Waals surface area contributed by atoms with Crippen LogP contribution < -0.4 is 11.5 Å². The fourth-order valence-electron chi connectivity index (χ4n) is 1.49. The minimum absolute atomic E-state index is 0.0782. The number of hydrogen-bond acceptors (Lipinski definition) is 5. The third-order valence-corrected chi connectivity index (χ3v) is 2.51. The molecule has 98 valence electrons. The van der Waals surface area contributed by atoms with E-state index in [-0.39, 0.29) is 17.7 Å². The number of phenolic OH excluding ortho intramolecular Hbond substituents is 1. The molecule has 0 saturated heterocycles. The third-order valence-electron chi connectivity index (χ3n) is 2.51. The number of nitrogens with two attached hydrogens (primary N) is 2. The van der Waals surface area contributed by atoms with Crippen LogP contribution in [0.2, 0.25) is 0 Å². The summed E-state index contributed by atoms with van der Waals surface area (Å²) in [5, 5.41) is 18.3. The molecule has 6 nitrogen and oxygen atoms in total. The second-order valence-corrected chi connectivity index (χ2v) is 4.15. The summed E-state index contributed by atoms with van der Waals surface area (Å²) in [6, 6.07) is 2.49. The highest BCUT2D eigenvalue weighted by Crippen LogP contribution is 2.20. The van der Waals surface area contributed by atoms with Gasteiger partial charge in [-0.15, -0.1) is 0 Å². The highest BCUT2D eigenvalue weighted by atomic mass is 16.4. The Labute approximate surface area is 104 Å². The number of hydrogen-bond donors (Lipinski definition) is 4. The molecule has 0 bridgehead atoms. The Balaban J connectivity index is 3.01. The second-order valence-electron chi connectivity index (χ2n) is 4.15. The van der Waals surface area contributed by atoms with Gasteiger partial charge in [-0.3, -0.25) is 9.59 Å². The summed E-state index contributed by atoms with van der Waals surface area (Å²) in [7, 11) is 0. The molecule has 0 aliphatic heterocycles. The number of aromatic hydroxyl groups is 1. The van der Waals surface area contributed by atoms with E-state index in [1.54, 1.807) is 0 Å². The number of benzene rings is 1. The molecule has 1 aromatic carbocycles. The average molecular weight is 252 g/mol. The molecule has 1 aromatic rings. The number of carbonyl (C=O) groups is 2. The highest BCUT2D eigenvalue weighted by Gasteiger charge is 2.18. The van der Waals surface area contributed by atoms with E-state index in [1.807, 2.05) is 0 Å². The summed E-state index contributed by atoms with van der Waals surface area (Å²) in [6.07, 6.45) is 0.0782. The van der Waals surface area contributed by atoms with Crippen LogP contribution in [0.4, 0.5) is 0 Å². The van der Waals surface area contributed by atoms with Crippen molar-refractivity contribution in [2.24, 2.45) is 11.5 Å². The molecule has 0 aromatic heterocycles. The van der Waals surface area contributed by atoms with Gasteiger partial charge in [-0.05, 0) is 31.0 Å². The molecule has 6 N–H and O–H groups in total. The van der Waals surface area contributed by atoms with Crippen molar-refractivity contribution in [2.45, 2.75) is 25.4 Å². The summed E-state index contributed by atoms with van der Waals surface area (Å²) < 4.78 is 0. The lowest BCUT2D eigenvalue weighted by Gasteiger charge is -2.10. The van der Waals surface area contributed by atoms with Gasteiger partial charge in [-0.25, -0.2) is 0 Å². The number of carboxylic acids is 1. The Bertz CT molecular complexity index is 471. The van der Waals surface area contributed by atoms with Crippen LogP contribution in [-0.4, -0.2) is 34.0 Å². The lowest BCUT2D eigenvalue weighted by Crippen LogP contribution is -2.32. The van der Waals surface area contributed by atoms with E-state index in [2.05, 4.69) is 0 Å². The van der Waals surface area contributed by atoms with Gasteiger partial charge >= 0.3 is 5.97 Å². The molecular weight excluding hydrogens is 236 g/mol. The molecule has 0 aliphatic carbocycles. The Morgan fingerprint density at radius 2 is 1.94 bits per heavy atom. The predicted molar refractivity (Wildman–Crippen MR) is 65.4 cm³/mol. The number of phenols is 1. The van der Waals surface area contributed by atoms with Gasteiger partial charge in [0.2, 0.25) is 0 Å². The smallest absolute Gasteiger partial charge is 0.320 e. The largest absolute Gasteiger partial charge is 0.507 e. The topological polar surface area (TPSA) is 127 Å². The molecule has 1 rings (SSSR count). The number of Topliss-reactive ketones (excluding diaryl/α,β-unsaturated/α-hetero) is 1. The summed E-state index contributed by atoms with van der Waals surface area (Å²) in [4.78, 5) is 22.3. The first-order valence-corrected chi connectivity index (χ1v) is 5.43. The molecule has 0 aliphatic rings. The monoisotopic (exact) mass is 252 g/mol. The molecule has 0 saturated carbocycles. The molecule has 0 radical (unpaired) electrons. The van der Waals surface area contributed by atoms with Crippen molar-refractivity contribution < 1.29 is 19.8 Å². The van der Waals surface area contributed by atoms with E-state index >= 15 is 0 Å². The molecule has 0 amide bonds. The summed E-state index contributed by atoms with van der Waals surface area (Å²) in [6.45, 7) is 1.51. The van der Waals surface area contributed by atoms with Crippen molar-refractivity contribution in [2.75, 3.05) is 0 Å². The van der Waals surface area contributed by atoms with Crippen LogP contribution in [-0.2, 0) is 11.2 Å². The predicted octanol–water partition coefficient (Wildman–Crippen LogP) is -0.123. The van der Waals surface area contributed by atoms with Gasteiger partial charge < -0.3 is 21.7 Å². The normalized spacial score (nSPS) is 13.9. The molecular formula is C12H16N2O4. The maximum atomic E-state index is 11.7. The number of ketones is 1. The van der Waals surface area contributed by atoms with Gasteiger partial charge in [-0.1, -0.05) is 6.07 Å². The lowest BCUT2D eigenvalue weighted by atomic mass is 9.99. The van der Waals surface area contributed by atoms with Gasteiger partial charge in [0.1, 0.15) is 11.8 Å². The van der Waals surface area contributed by atoms with Crippen molar-refractivity contribution in [1.29, 1.82) is 0 Å². The fraction of sp³-hybridized carbons (Fsp3) is 0.333. The van der Waals surface area contributed by atoms with Crippen LogP contribution in [0.25, 0.3) is 0 Å². The third kappa shape index (κ3) is 3.28. The van der Waals surface area contributed by atoms with Crippen LogP contribution in [0.3, 0.4) is 0 Å². The van der Waals surface area contributed by atoms with Crippen LogP contribution in [0, 0.1) is 0 Å². The molecule has 0 spiro atoms. The van der Waals surface area contributed by atoms with Gasteiger partial charge in [0, 0.05) is 0 Å². The lowest BCUT2D eigenvalue weighted by molar-refractivity contribution is -0.138. The zero-order valence-corrected chi connectivity index (χ0v) is 9.96. The van der Waals surface area contributed by atoms with Gasteiger partial charge in [0.15, 0.2) is 5.78 Å². The fourth-order valence-corrected chi connectivity index (χ4v) is 1.49. The van der Waals surface area contributed by atoms with Crippen LogP contribution >= 0.6 is 0 Å². The molecule has 0 unspecified atom stereocenters. The molecule has 6 heteroatoms. The standard InChI is InChI=1S/C12H16N2O4/c1-6(13)11(16)8-4-7(2-3-10(8)15)5-9(14)12(17)18/h2-4,6,9,15H,5,13-14H2,1H3,(H,17,18)/t6-,9-/m0/s1. The highest BCUT2D eigenvalue weighted by molar-refractivity contribution is 6.02. The van der Waals surface area contributed by atoms with Gasteiger partial charge in [-0.2, -0.15) is 0 Å². The minimum Gasteiger partial charge on any atom is -0.507 e. The quantitative estimate of drug-likeness (QED) is 0.541. The van der Waals surface area contributed by atoms with Crippen molar-refractivity contribution in [3.63, 3.8) is 0 Å². The summed E-state index contributed by atoms with van der Waals surface area (Å²) in [5.74, 6) is -1.70. The maximum absolute atomic E-state index is 11.7. The molecule has 2 atom stereocenters. The van der Waals surface area contributed by atoms with E-state index in [1.165, 1.54) is 25.1 Å². The van der Waals surface area contributed by atoms with Crippen LogP contribution in [0.5, 0.6) is 5.75 Å². The number of aliphatic carboxylic acids is 1. The Morgan fingerprint density at radius 1 is 1.33 bits per heavy atom. The maximum Gasteiger partial charge on any atom is 0.320 e. The number of carbonyl (C=O) groups excluding carboxylic acids is 1. The first kappa shape index (κ1) is 14.1. The second kappa shape index (κ2) is 5.61. The van der Waals surface area contributed by atoms with Crippen molar-refractivity contribution in [1.82, 2.24) is 0 Å². The summed E-state index contributed by atoms with van der Waals surface area (Å²) in [5.41, 5.74) is 11.5. The van der Waals surface area contributed by atoms with Crippen molar-refractivity contribution in [3.8, 4) is 5.75 Å². The molecule has 0 heterocycles. The zero-order valence-electron chi connectivity index (χ0n) is 9.96. The number of carboxylic acid groups (broad SMARTS) is 1. The van der Waals surface area contributed by atoms with E-state index in [4.69, 9.17) is 16.6 Å². The Hall–Kier alpha value is -1.92. The first-order valence-electron chi connectivity index (χ1n) is 5.43. The van der Waals surface area contributed by atoms with E-state index < -0.39 is 23.8 Å². The SMILES string of the molecule is C[C@H](N)C(=O)c1cc(C[C@H](N)C(=O)O)ccc1O. The Morgan fingerprint density at radius 3 is 2.44 bits per heavy atom. The minimum atomic E-state index is -1.12. The zero-order chi connectivity index (χ0) is 13.9. The first-order chi connectivity index (χ1) is 8.32. The average Bonchev–Trinajstić information content (AvgIpc) is 2.30. The van der Waals surface area contributed by atoms with Crippen LogP contribution in [0.15, 0.2) is 18.2 Å². The van der Waals surface area contributed by atoms with Gasteiger partial charge in [0.05, 0.1) is 11.6 Å². The van der Waals surface area contributed by atoms with Crippen LogP contribution in [0.1, 0.15) is 22.8 Å². The van der Waals surface area contributed by atoms with Gasteiger partial charge in [0.25, 0.3) is 0 Å². The molecule has 0 fully saturated rings. The van der Waals surface area contributed by atoms with E-state index in [0.717, 1.165) is 0 Å². The van der Waals surface area contributed by atoms with E-state index in [0.29, 0.717) is 5.56 Å². The molecule has 18 heavy (non-hydrogen) atoms. The number of rotatable bonds is 5.